The Morgan fingerprint density at radius 2 is 2.20 bits per heavy atom. The number of nitrogens with zero attached hydrogens (tertiary/aromatic N) is 3. The average molecular weight is 552 g/mol. The maximum Gasteiger partial charge on any atom is 0.191 e. The van der Waals surface area contributed by atoms with Gasteiger partial charge in [-0.25, -0.2) is 4.98 Å². The van der Waals surface area contributed by atoms with Gasteiger partial charge in [-0.05, 0) is 58.5 Å². The fourth-order valence-corrected chi connectivity index (χ4v) is 4.78. The van der Waals surface area contributed by atoms with Crippen LogP contribution in [-0.4, -0.2) is 73.5 Å². The van der Waals surface area contributed by atoms with Gasteiger partial charge in [-0.2, -0.15) is 0 Å². The lowest BCUT2D eigenvalue weighted by atomic mass is 9.84. The number of likely N-dealkylation sites (tertiary alicyclic amines) is 1. The molecule has 0 aromatic carbocycles. The lowest BCUT2D eigenvalue weighted by molar-refractivity contribution is 0.131. The molecule has 0 saturated carbocycles. The van der Waals surface area contributed by atoms with Crippen molar-refractivity contribution in [2.24, 2.45) is 16.3 Å². The van der Waals surface area contributed by atoms with Crippen LogP contribution in [0.1, 0.15) is 43.3 Å². The second-order valence-corrected chi connectivity index (χ2v) is 9.49. The highest BCUT2D eigenvalue weighted by atomic mass is 127. The number of aliphatic imine (C=N–C) groups is 1. The molecular formula is C21H38IN5O2S. The Labute approximate surface area is 202 Å². The van der Waals surface area contributed by atoms with Crippen molar-refractivity contribution in [3.63, 3.8) is 0 Å². The molecule has 1 aromatic heterocycles. The molecule has 2 aliphatic heterocycles. The Hall–Kier alpha value is -0.490. The van der Waals surface area contributed by atoms with Gasteiger partial charge in [0.15, 0.2) is 5.96 Å². The minimum Gasteiger partial charge on any atom is -0.396 e. The number of aliphatic hydroxyl groups excluding tert-OH is 1. The number of hydrogen-bond donors (Lipinski definition) is 3. The van der Waals surface area contributed by atoms with Crippen LogP contribution in [0.2, 0.25) is 0 Å². The number of ether oxygens (including phenoxy) is 1. The number of rotatable bonds is 9. The Bertz CT molecular complexity index is 643. The summed E-state index contributed by atoms with van der Waals surface area (Å²) in [5.41, 5.74) is 1.20. The summed E-state index contributed by atoms with van der Waals surface area (Å²) in [6.07, 6.45) is 4.15. The number of aliphatic hydroxyl groups is 1. The van der Waals surface area contributed by atoms with Crippen LogP contribution in [0.15, 0.2) is 10.4 Å². The molecule has 3 heterocycles. The molecule has 2 fully saturated rings. The van der Waals surface area contributed by atoms with E-state index in [1.54, 1.807) is 11.3 Å². The molecule has 0 spiro atoms. The van der Waals surface area contributed by atoms with Gasteiger partial charge in [-0.1, -0.05) is 0 Å². The van der Waals surface area contributed by atoms with Crippen LogP contribution in [0.3, 0.4) is 0 Å². The predicted octanol–water partition coefficient (Wildman–Crippen LogP) is 2.63. The highest BCUT2D eigenvalue weighted by molar-refractivity contribution is 14.0. The Kier molecular flexibility index (Phi) is 11.3. The third-order valence-corrected chi connectivity index (χ3v) is 6.88. The number of nitrogens with one attached hydrogen (secondary N) is 2. The summed E-state index contributed by atoms with van der Waals surface area (Å²) in [6, 6.07) is 0. The summed E-state index contributed by atoms with van der Waals surface area (Å²) in [6.45, 7) is 11.6. The van der Waals surface area contributed by atoms with Crippen molar-refractivity contribution in [2.45, 2.75) is 46.1 Å². The molecule has 1 unspecified atom stereocenters. The molecule has 0 aliphatic carbocycles. The highest BCUT2D eigenvalue weighted by Gasteiger charge is 2.34. The summed E-state index contributed by atoms with van der Waals surface area (Å²) in [7, 11) is 0. The molecule has 0 amide bonds. The van der Waals surface area contributed by atoms with Crippen LogP contribution >= 0.6 is 35.3 Å². The summed E-state index contributed by atoms with van der Waals surface area (Å²) in [5, 5.41) is 19.7. The van der Waals surface area contributed by atoms with E-state index in [2.05, 4.69) is 39.7 Å². The second kappa shape index (κ2) is 13.1. The summed E-state index contributed by atoms with van der Waals surface area (Å²) >= 11 is 1.74. The van der Waals surface area contributed by atoms with Gasteiger partial charge in [0.05, 0.1) is 23.9 Å². The zero-order chi connectivity index (χ0) is 20.5. The Balaban J connectivity index is 0.00000320. The van der Waals surface area contributed by atoms with E-state index in [4.69, 9.17) is 9.73 Å². The highest BCUT2D eigenvalue weighted by Crippen LogP contribution is 2.32. The van der Waals surface area contributed by atoms with Crippen molar-refractivity contribution in [3.8, 4) is 0 Å². The molecule has 30 heavy (non-hydrogen) atoms. The van der Waals surface area contributed by atoms with E-state index in [0.717, 1.165) is 63.1 Å². The summed E-state index contributed by atoms with van der Waals surface area (Å²) in [5.74, 6) is 1.56. The number of thiazole rings is 1. The quantitative estimate of drug-likeness (QED) is 0.249. The van der Waals surface area contributed by atoms with Crippen LogP contribution in [0.25, 0.3) is 0 Å². The molecule has 2 aliphatic rings. The molecule has 0 bridgehead atoms. The number of hydrogen-bond acceptors (Lipinski definition) is 6. The fraction of sp³-hybridized carbons (Fsp3) is 0.810. The van der Waals surface area contributed by atoms with Crippen LogP contribution in [-0.2, 0) is 11.3 Å². The zero-order valence-electron chi connectivity index (χ0n) is 18.4. The summed E-state index contributed by atoms with van der Waals surface area (Å²) < 4.78 is 5.58. The lowest BCUT2D eigenvalue weighted by Crippen LogP contribution is -2.43. The van der Waals surface area contributed by atoms with E-state index in [1.165, 1.54) is 18.5 Å². The van der Waals surface area contributed by atoms with E-state index in [9.17, 15) is 5.11 Å². The van der Waals surface area contributed by atoms with Crippen molar-refractivity contribution in [1.82, 2.24) is 20.5 Å². The Morgan fingerprint density at radius 3 is 2.80 bits per heavy atom. The van der Waals surface area contributed by atoms with E-state index in [0.29, 0.717) is 19.1 Å². The smallest absolute Gasteiger partial charge is 0.191 e. The van der Waals surface area contributed by atoms with E-state index in [1.807, 2.05) is 0 Å². The standard InChI is InChI=1S/C21H37N5O2S.HI/c1-3-22-20(24-15-21(6-10-27)7-11-28-16-21)23-12-18-4-8-26(9-5-18)13-19-14-29-17(2)25-19;/h14,18,27H,3-13,15-16H2,1-2H3,(H2,22,23,24);1H. The van der Waals surface area contributed by atoms with Gasteiger partial charge in [0, 0.05) is 43.6 Å². The molecule has 3 N–H and O–H groups in total. The van der Waals surface area contributed by atoms with Gasteiger partial charge in [-0.3, -0.25) is 9.89 Å². The first-order valence-corrected chi connectivity index (χ1v) is 11.8. The van der Waals surface area contributed by atoms with E-state index in [-0.39, 0.29) is 36.0 Å². The van der Waals surface area contributed by atoms with Gasteiger partial charge < -0.3 is 20.5 Å². The van der Waals surface area contributed by atoms with Crippen LogP contribution in [0.5, 0.6) is 0 Å². The molecule has 1 atom stereocenters. The zero-order valence-corrected chi connectivity index (χ0v) is 21.5. The minimum absolute atomic E-state index is 0. The minimum atomic E-state index is -0.00349. The first kappa shape index (κ1) is 25.8. The molecule has 9 heteroatoms. The first-order valence-electron chi connectivity index (χ1n) is 11.0. The SMILES string of the molecule is CCNC(=NCC1(CCO)CCOC1)NCC1CCN(Cc2csc(C)n2)CC1.I. The fourth-order valence-electron chi connectivity index (χ4n) is 4.18. The van der Waals surface area contributed by atoms with Gasteiger partial charge in [0.2, 0.25) is 0 Å². The number of aryl methyl sites for hydroxylation is 1. The summed E-state index contributed by atoms with van der Waals surface area (Å²) in [4.78, 5) is 11.9. The van der Waals surface area contributed by atoms with E-state index < -0.39 is 0 Å². The largest absolute Gasteiger partial charge is 0.396 e. The topological polar surface area (TPSA) is 82.0 Å². The van der Waals surface area contributed by atoms with Crippen molar-refractivity contribution < 1.29 is 9.84 Å². The Morgan fingerprint density at radius 1 is 1.40 bits per heavy atom. The van der Waals surface area contributed by atoms with Gasteiger partial charge >= 0.3 is 0 Å². The van der Waals surface area contributed by atoms with Gasteiger partial charge in [0.1, 0.15) is 0 Å². The normalized spacial score (nSPS) is 23.4. The van der Waals surface area contributed by atoms with Crippen LogP contribution in [0.4, 0.5) is 0 Å². The van der Waals surface area contributed by atoms with Crippen LogP contribution < -0.4 is 10.6 Å². The van der Waals surface area contributed by atoms with E-state index >= 15 is 0 Å². The third-order valence-electron chi connectivity index (χ3n) is 6.06. The average Bonchev–Trinajstić information content (AvgIpc) is 3.35. The molecular weight excluding hydrogens is 513 g/mol. The number of halogens is 1. The van der Waals surface area contributed by atoms with Gasteiger partial charge in [0.25, 0.3) is 0 Å². The monoisotopic (exact) mass is 551 g/mol. The number of guanidine groups is 1. The second-order valence-electron chi connectivity index (χ2n) is 8.43. The maximum atomic E-state index is 9.41. The van der Waals surface area contributed by atoms with Crippen molar-refractivity contribution in [1.29, 1.82) is 0 Å². The van der Waals surface area contributed by atoms with Crippen LogP contribution in [0, 0.1) is 18.3 Å². The van der Waals surface area contributed by atoms with Crippen molar-refractivity contribution in [2.75, 3.05) is 52.5 Å². The molecule has 2 saturated heterocycles. The third kappa shape index (κ3) is 7.89. The molecule has 0 radical (unpaired) electrons. The van der Waals surface area contributed by atoms with Crippen molar-refractivity contribution >= 4 is 41.3 Å². The number of aromatic nitrogens is 1. The van der Waals surface area contributed by atoms with Gasteiger partial charge in [-0.15, -0.1) is 35.3 Å². The molecule has 172 valence electrons. The number of piperidine rings is 1. The molecule has 3 rings (SSSR count). The van der Waals surface area contributed by atoms with Crippen molar-refractivity contribution in [3.05, 3.63) is 16.1 Å². The first-order chi connectivity index (χ1) is 14.1. The maximum absolute atomic E-state index is 9.41. The molecule has 7 nitrogen and oxygen atoms in total. The predicted molar refractivity (Wildman–Crippen MR) is 134 cm³/mol. The lowest BCUT2D eigenvalue weighted by Gasteiger charge is -2.32. The molecule has 1 aromatic rings.